The molecular formula is C14H16N2O4S. The molecule has 0 amide bonds. The molecule has 1 aromatic carbocycles. The van der Waals surface area contributed by atoms with Crippen molar-refractivity contribution in [2.24, 2.45) is 0 Å². The van der Waals surface area contributed by atoms with Crippen LogP contribution in [-0.4, -0.2) is 36.4 Å². The average Bonchev–Trinajstić information content (AvgIpc) is 3.22. The Morgan fingerprint density at radius 2 is 2.14 bits per heavy atom. The number of aliphatic carboxylic acids is 1. The summed E-state index contributed by atoms with van der Waals surface area (Å²) in [5, 5.41) is 17.6. The van der Waals surface area contributed by atoms with Crippen molar-refractivity contribution in [1.82, 2.24) is 4.31 Å². The van der Waals surface area contributed by atoms with Crippen molar-refractivity contribution in [3.8, 4) is 6.07 Å². The van der Waals surface area contributed by atoms with Crippen LogP contribution < -0.4 is 0 Å². The molecule has 0 unspecified atom stereocenters. The number of hydrogen-bond acceptors (Lipinski definition) is 4. The zero-order chi connectivity index (χ0) is 15.6. The predicted molar refractivity (Wildman–Crippen MR) is 75.1 cm³/mol. The Balaban J connectivity index is 2.32. The first-order chi connectivity index (χ1) is 9.86. The van der Waals surface area contributed by atoms with E-state index >= 15 is 0 Å². The van der Waals surface area contributed by atoms with Gasteiger partial charge in [0.2, 0.25) is 10.0 Å². The number of carbonyl (C=O) groups is 1. The van der Waals surface area contributed by atoms with Gasteiger partial charge >= 0.3 is 5.97 Å². The third kappa shape index (κ3) is 3.40. The first-order valence-corrected chi connectivity index (χ1v) is 8.04. The van der Waals surface area contributed by atoms with Crippen molar-refractivity contribution in [2.75, 3.05) is 6.54 Å². The maximum absolute atomic E-state index is 12.6. The zero-order valence-electron chi connectivity index (χ0n) is 11.6. The highest BCUT2D eigenvalue weighted by molar-refractivity contribution is 7.89. The van der Waals surface area contributed by atoms with Gasteiger partial charge in [-0.1, -0.05) is 0 Å². The third-order valence-electron chi connectivity index (χ3n) is 3.43. The van der Waals surface area contributed by atoms with Crippen LogP contribution in [-0.2, 0) is 14.8 Å². The molecule has 6 nitrogen and oxygen atoms in total. The number of carboxylic acid groups (broad SMARTS) is 1. The third-order valence-corrected chi connectivity index (χ3v) is 5.37. The summed E-state index contributed by atoms with van der Waals surface area (Å²) in [4.78, 5) is 10.8. The Bertz CT molecular complexity index is 702. The standard InChI is InChI=1S/C14H16N2O4S/c1-10-8-13(5-2-11(10)9-15)21(19,20)16(12-3-4-12)7-6-14(17)18/h2,5,8,12H,3-4,6-7H2,1H3,(H,17,18). The lowest BCUT2D eigenvalue weighted by atomic mass is 10.1. The number of aryl methyl sites for hydroxylation is 1. The maximum Gasteiger partial charge on any atom is 0.304 e. The molecule has 0 aliphatic heterocycles. The van der Waals surface area contributed by atoms with Gasteiger partial charge in [0, 0.05) is 12.6 Å². The lowest BCUT2D eigenvalue weighted by Crippen LogP contribution is -2.35. The van der Waals surface area contributed by atoms with E-state index in [0.717, 1.165) is 12.8 Å². The van der Waals surface area contributed by atoms with Gasteiger partial charge in [0.1, 0.15) is 0 Å². The average molecular weight is 308 g/mol. The number of carboxylic acids is 1. The summed E-state index contributed by atoms with van der Waals surface area (Å²) in [6, 6.07) is 6.22. The molecule has 1 aliphatic carbocycles. The molecule has 0 saturated heterocycles. The monoisotopic (exact) mass is 308 g/mol. The normalized spacial score (nSPS) is 14.9. The Kier molecular flexibility index (Phi) is 4.30. The zero-order valence-corrected chi connectivity index (χ0v) is 12.4. The molecule has 0 radical (unpaired) electrons. The largest absolute Gasteiger partial charge is 0.481 e. The van der Waals surface area contributed by atoms with Gasteiger partial charge in [-0.15, -0.1) is 0 Å². The fourth-order valence-electron chi connectivity index (χ4n) is 2.12. The fraction of sp³-hybridized carbons (Fsp3) is 0.429. The Labute approximate surface area is 123 Å². The minimum atomic E-state index is -3.72. The van der Waals surface area contributed by atoms with Crippen molar-refractivity contribution < 1.29 is 18.3 Å². The van der Waals surface area contributed by atoms with Gasteiger partial charge in [0.25, 0.3) is 0 Å². The van der Waals surface area contributed by atoms with E-state index in [0.29, 0.717) is 11.1 Å². The van der Waals surface area contributed by atoms with Crippen LogP contribution in [0.5, 0.6) is 0 Å². The van der Waals surface area contributed by atoms with Gasteiger partial charge in [-0.05, 0) is 43.5 Å². The molecule has 1 aromatic rings. The number of nitrogens with zero attached hydrogens (tertiary/aromatic N) is 2. The molecule has 0 aromatic heterocycles. The molecule has 0 spiro atoms. The number of rotatable bonds is 6. The smallest absolute Gasteiger partial charge is 0.304 e. The summed E-state index contributed by atoms with van der Waals surface area (Å²) in [7, 11) is -3.72. The minimum absolute atomic E-state index is 0.0264. The van der Waals surface area contributed by atoms with Gasteiger partial charge < -0.3 is 5.11 Å². The molecule has 1 fully saturated rings. The summed E-state index contributed by atoms with van der Waals surface area (Å²) >= 11 is 0. The van der Waals surface area contributed by atoms with E-state index in [9.17, 15) is 13.2 Å². The van der Waals surface area contributed by atoms with Crippen molar-refractivity contribution in [2.45, 2.75) is 37.1 Å². The number of nitriles is 1. The molecule has 1 N–H and O–H groups in total. The van der Waals surface area contributed by atoms with Crippen LogP contribution in [0.2, 0.25) is 0 Å². The SMILES string of the molecule is Cc1cc(S(=O)(=O)N(CCC(=O)O)C2CC2)ccc1C#N. The molecule has 2 rings (SSSR count). The molecule has 0 atom stereocenters. The summed E-state index contributed by atoms with van der Waals surface area (Å²) in [6.45, 7) is 1.65. The molecule has 21 heavy (non-hydrogen) atoms. The van der Waals surface area contributed by atoms with Gasteiger partial charge in [-0.25, -0.2) is 8.42 Å². The highest BCUT2D eigenvalue weighted by Gasteiger charge is 2.38. The molecule has 0 heterocycles. The number of hydrogen-bond donors (Lipinski definition) is 1. The van der Waals surface area contributed by atoms with Crippen LogP contribution in [0, 0.1) is 18.3 Å². The van der Waals surface area contributed by atoms with Crippen molar-refractivity contribution in [3.63, 3.8) is 0 Å². The van der Waals surface area contributed by atoms with Crippen LogP contribution in [0.4, 0.5) is 0 Å². The molecule has 1 aliphatic rings. The lowest BCUT2D eigenvalue weighted by Gasteiger charge is -2.21. The van der Waals surface area contributed by atoms with E-state index in [1.165, 1.54) is 22.5 Å². The van der Waals surface area contributed by atoms with Crippen molar-refractivity contribution in [3.05, 3.63) is 29.3 Å². The Morgan fingerprint density at radius 1 is 1.48 bits per heavy atom. The van der Waals surface area contributed by atoms with Crippen LogP contribution in [0.15, 0.2) is 23.1 Å². The van der Waals surface area contributed by atoms with Crippen LogP contribution in [0.1, 0.15) is 30.4 Å². The first-order valence-electron chi connectivity index (χ1n) is 6.60. The van der Waals surface area contributed by atoms with Crippen molar-refractivity contribution >= 4 is 16.0 Å². The topological polar surface area (TPSA) is 98.5 Å². The summed E-state index contributed by atoms with van der Waals surface area (Å²) in [5.41, 5.74) is 1.02. The van der Waals surface area contributed by atoms with Gasteiger partial charge in [0.05, 0.1) is 22.9 Å². The van der Waals surface area contributed by atoms with Crippen LogP contribution in [0.25, 0.3) is 0 Å². The lowest BCUT2D eigenvalue weighted by molar-refractivity contribution is -0.137. The summed E-state index contributed by atoms with van der Waals surface area (Å²) in [5.74, 6) is -1.02. The second-order valence-electron chi connectivity index (χ2n) is 5.08. The first kappa shape index (κ1) is 15.5. The van der Waals surface area contributed by atoms with E-state index in [1.54, 1.807) is 6.92 Å². The maximum atomic E-state index is 12.6. The van der Waals surface area contributed by atoms with E-state index in [1.807, 2.05) is 6.07 Å². The minimum Gasteiger partial charge on any atom is -0.481 e. The van der Waals surface area contributed by atoms with Crippen LogP contribution in [0.3, 0.4) is 0 Å². The Hall–Kier alpha value is -1.91. The predicted octanol–water partition coefficient (Wildman–Crippen LogP) is 1.49. The van der Waals surface area contributed by atoms with Gasteiger partial charge in [0.15, 0.2) is 0 Å². The Morgan fingerprint density at radius 3 is 2.62 bits per heavy atom. The fourth-order valence-corrected chi connectivity index (χ4v) is 3.90. The quantitative estimate of drug-likeness (QED) is 0.858. The molecule has 112 valence electrons. The second-order valence-corrected chi connectivity index (χ2v) is 6.97. The second kappa shape index (κ2) is 5.84. The van der Waals surface area contributed by atoms with Gasteiger partial charge in [-0.3, -0.25) is 4.79 Å². The highest BCUT2D eigenvalue weighted by Crippen LogP contribution is 2.32. The summed E-state index contributed by atoms with van der Waals surface area (Å²) < 4.78 is 26.5. The summed E-state index contributed by atoms with van der Waals surface area (Å²) in [6.07, 6.45) is 1.30. The van der Waals surface area contributed by atoms with Gasteiger partial charge in [-0.2, -0.15) is 9.57 Å². The number of benzene rings is 1. The van der Waals surface area contributed by atoms with E-state index < -0.39 is 16.0 Å². The van der Waals surface area contributed by atoms with Crippen molar-refractivity contribution in [1.29, 1.82) is 5.26 Å². The molecular weight excluding hydrogens is 292 g/mol. The van der Waals surface area contributed by atoms with E-state index in [4.69, 9.17) is 10.4 Å². The number of sulfonamides is 1. The molecule has 7 heteroatoms. The van der Waals surface area contributed by atoms with E-state index in [-0.39, 0.29) is 23.9 Å². The molecule has 1 saturated carbocycles. The molecule has 0 bridgehead atoms. The van der Waals surface area contributed by atoms with E-state index in [2.05, 4.69) is 0 Å². The highest BCUT2D eigenvalue weighted by atomic mass is 32.2. The van der Waals surface area contributed by atoms with Crippen LogP contribution >= 0.6 is 0 Å².